The lowest BCUT2D eigenvalue weighted by Gasteiger charge is -2.09. The number of hydrogen-bond donors (Lipinski definition) is 1. The minimum Gasteiger partial charge on any atom is -0.483 e. The van der Waals surface area contributed by atoms with Crippen molar-refractivity contribution >= 4 is 12.0 Å². The van der Waals surface area contributed by atoms with Gasteiger partial charge in [-0.3, -0.25) is 4.79 Å². The molecule has 0 atom stereocenters. The van der Waals surface area contributed by atoms with Crippen LogP contribution < -0.4 is 10.1 Å². The molecule has 0 fully saturated rings. The maximum atomic E-state index is 11.9. The first-order valence-corrected chi connectivity index (χ1v) is 7.27. The standard InChI is InChI=1S/C19H15N3O2/c20-11-16(12-21)10-17-8-4-5-9-18(17)24-14-19(23)22-13-15-6-2-1-3-7-15/h1-10H,13-14H2,(H,22,23). The summed E-state index contributed by atoms with van der Waals surface area (Å²) >= 11 is 0. The number of carbonyl (C=O) groups is 1. The van der Waals surface area contributed by atoms with E-state index in [0.29, 0.717) is 17.9 Å². The van der Waals surface area contributed by atoms with Gasteiger partial charge >= 0.3 is 0 Å². The van der Waals surface area contributed by atoms with Gasteiger partial charge in [-0.25, -0.2) is 0 Å². The van der Waals surface area contributed by atoms with E-state index in [1.54, 1.807) is 36.4 Å². The lowest BCUT2D eigenvalue weighted by atomic mass is 10.1. The first kappa shape index (κ1) is 16.8. The molecule has 0 bridgehead atoms. The van der Waals surface area contributed by atoms with Gasteiger partial charge in [-0.1, -0.05) is 48.5 Å². The number of ether oxygens (including phenoxy) is 1. The Hall–Kier alpha value is -3.57. The molecule has 0 aliphatic rings. The molecule has 2 aromatic carbocycles. The Labute approximate surface area is 140 Å². The predicted molar refractivity (Wildman–Crippen MR) is 89.4 cm³/mol. The summed E-state index contributed by atoms with van der Waals surface area (Å²) in [7, 11) is 0. The highest BCUT2D eigenvalue weighted by Gasteiger charge is 2.06. The van der Waals surface area contributed by atoms with E-state index in [9.17, 15) is 4.79 Å². The summed E-state index contributed by atoms with van der Waals surface area (Å²) in [6, 6.07) is 20.1. The molecule has 0 aliphatic heterocycles. The van der Waals surface area contributed by atoms with Gasteiger partial charge in [-0.2, -0.15) is 10.5 Å². The highest BCUT2D eigenvalue weighted by atomic mass is 16.5. The highest BCUT2D eigenvalue weighted by Crippen LogP contribution is 2.20. The minimum absolute atomic E-state index is 0.0282. The Morgan fingerprint density at radius 1 is 1.04 bits per heavy atom. The van der Waals surface area contributed by atoms with E-state index < -0.39 is 0 Å². The molecular formula is C19H15N3O2. The van der Waals surface area contributed by atoms with Crippen LogP contribution in [0.5, 0.6) is 5.75 Å². The predicted octanol–water partition coefficient (Wildman–Crippen LogP) is 2.81. The van der Waals surface area contributed by atoms with Crippen LogP contribution in [0.4, 0.5) is 0 Å². The van der Waals surface area contributed by atoms with Crippen molar-refractivity contribution in [3.8, 4) is 17.9 Å². The molecule has 5 heteroatoms. The fraction of sp³-hybridized carbons (Fsp3) is 0.105. The van der Waals surface area contributed by atoms with E-state index in [1.165, 1.54) is 6.08 Å². The number of benzene rings is 2. The van der Waals surface area contributed by atoms with Gasteiger partial charge in [0.1, 0.15) is 23.5 Å². The van der Waals surface area contributed by atoms with Gasteiger partial charge in [-0.05, 0) is 17.7 Å². The van der Waals surface area contributed by atoms with Crippen LogP contribution >= 0.6 is 0 Å². The molecule has 0 unspecified atom stereocenters. The molecule has 0 saturated heterocycles. The average Bonchev–Trinajstić information content (AvgIpc) is 2.64. The number of rotatable bonds is 6. The number of nitrogens with zero attached hydrogens (tertiary/aromatic N) is 2. The molecule has 0 aromatic heterocycles. The summed E-state index contributed by atoms with van der Waals surface area (Å²) in [6.07, 6.45) is 1.43. The quantitative estimate of drug-likeness (QED) is 0.830. The van der Waals surface area contributed by atoms with Gasteiger partial charge < -0.3 is 10.1 Å². The van der Waals surface area contributed by atoms with Gasteiger partial charge in [0.05, 0.1) is 0 Å². The molecule has 1 N–H and O–H groups in total. The van der Waals surface area contributed by atoms with Crippen LogP contribution in [0, 0.1) is 22.7 Å². The third-order valence-electron chi connectivity index (χ3n) is 3.15. The Bertz CT molecular complexity index is 798. The van der Waals surface area contributed by atoms with Crippen molar-refractivity contribution in [1.82, 2.24) is 5.32 Å². The number of nitriles is 2. The number of carbonyl (C=O) groups excluding carboxylic acids is 1. The van der Waals surface area contributed by atoms with E-state index in [2.05, 4.69) is 5.32 Å². The van der Waals surface area contributed by atoms with Crippen LogP contribution in [0.2, 0.25) is 0 Å². The number of allylic oxidation sites excluding steroid dienone is 1. The van der Waals surface area contributed by atoms with E-state index in [-0.39, 0.29) is 18.1 Å². The zero-order valence-corrected chi connectivity index (χ0v) is 12.9. The lowest BCUT2D eigenvalue weighted by Crippen LogP contribution is -2.28. The van der Waals surface area contributed by atoms with E-state index >= 15 is 0 Å². The third-order valence-corrected chi connectivity index (χ3v) is 3.15. The van der Waals surface area contributed by atoms with Crippen LogP contribution in [0.1, 0.15) is 11.1 Å². The van der Waals surface area contributed by atoms with Crippen LogP contribution in [-0.2, 0) is 11.3 Å². The summed E-state index contributed by atoms with van der Waals surface area (Å²) < 4.78 is 5.50. The molecule has 1 amide bonds. The monoisotopic (exact) mass is 317 g/mol. The summed E-state index contributed by atoms with van der Waals surface area (Å²) in [5.41, 5.74) is 1.55. The molecule has 0 aliphatic carbocycles. The van der Waals surface area contributed by atoms with Gasteiger partial charge in [0.2, 0.25) is 0 Å². The molecule has 2 aromatic rings. The molecular weight excluding hydrogens is 302 g/mol. The molecule has 24 heavy (non-hydrogen) atoms. The third kappa shape index (κ3) is 5.01. The second-order valence-electron chi connectivity index (χ2n) is 4.87. The van der Waals surface area contributed by atoms with Crippen molar-refractivity contribution in [1.29, 1.82) is 10.5 Å². The van der Waals surface area contributed by atoms with Crippen LogP contribution in [0.3, 0.4) is 0 Å². The van der Waals surface area contributed by atoms with Gasteiger partial charge in [0.15, 0.2) is 6.61 Å². The summed E-state index contributed by atoms with van der Waals surface area (Å²) in [4.78, 5) is 11.9. The molecule has 0 radical (unpaired) electrons. The smallest absolute Gasteiger partial charge is 0.258 e. The largest absolute Gasteiger partial charge is 0.483 e. The van der Waals surface area contributed by atoms with Crippen molar-refractivity contribution in [2.24, 2.45) is 0 Å². The highest BCUT2D eigenvalue weighted by molar-refractivity contribution is 5.77. The van der Waals surface area contributed by atoms with Crippen LogP contribution in [-0.4, -0.2) is 12.5 Å². The number of hydrogen-bond acceptors (Lipinski definition) is 4. The topological polar surface area (TPSA) is 85.9 Å². The minimum atomic E-state index is -0.251. The Balaban J connectivity index is 1.95. The maximum absolute atomic E-state index is 11.9. The maximum Gasteiger partial charge on any atom is 0.258 e. The van der Waals surface area contributed by atoms with E-state index in [0.717, 1.165) is 5.56 Å². The van der Waals surface area contributed by atoms with Crippen LogP contribution in [0.15, 0.2) is 60.2 Å². The number of amides is 1. The van der Waals surface area contributed by atoms with Crippen molar-refractivity contribution in [2.75, 3.05) is 6.61 Å². The average molecular weight is 317 g/mol. The second kappa shape index (κ2) is 8.77. The Morgan fingerprint density at radius 3 is 2.42 bits per heavy atom. The fourth-order valence-electron chi connectivity index (χ4n) is 1.97. The normalized spacial score (nSPS) is 9.25. The zero-order chi connectivity index (χ0) is 17.2. The molecule has 0 saturated carbocycles. The lowest BCUT2D eigenvalue weighted by molar-refractivity contribution is -0.123. The molecule has 2 rings (SSSR count). The zero-order valence-electron chi connectivity index (χ0n) is 12.9. The number of nitrogens with one attached hydrogen (secondary N) is 1. The number of para-hydroxylation sites is 1. The SMILES string of the molecule is N#CC(C#N)=Cc1ccccc1OCC(=O)NCc1ccccc1. The summed E-state index contributed by atoms with van der Waals surface area (Å²) in [6.45, 7) is 0.281. The van der Waals surface area contributed by atoms with Gasteiger partial charge in [-0.15, -0.1) is 0 Å². The van der Waals surface area contributed by atoms with Crippen molar-refractivity contribution < 1.29 is 9.53 Å². The Kier molecular flexibility index (Phi) is 6.14. The molecule has 0 heterocycles. The van der Waals surface area contributed by atoms with Crippen LogP contribution in [0.25, 0.3) is 6.08 Å². The van der Waals surface area contributed by atoms with E-state index in [1.807, 2.05) is 30.3 Å². The van der Waals surface area contributed by atoms with Crippen molar-refractivity contribution in [3.05, 3.63) is 71.3 Å². The van der Waals surface area contributed by atoms with Gasteiger partial charge in [0, 0.05) is 12.1 Å². The van der Waals surface area contributed by atoms with Crippen molar-refractivity contribution in [3.63, 3.8) is 0 Å². The molecule has 5 nitrogen and oxygen atoms in total. The molecule has 118 valence electrons. The Morgan fingerprint density at radius 2 is 1.71 bits per heavy atom. The first-order chi connectivity index (χ1) is 11.7. The van der Waals surface area contributed by atoms with Gasteiger partial charge in [0.25, 0.3) is 5.91 Å². The second-order valence-corrected chi connectivity index (χ2v) is 4.87. The summed E-state index contributed by atoms with van der Waals surface area (Å²) in [5, 5.41) is 20.4. The molecule has 0 spiro atoms. The van der Waals surface area contributed by atoms with E-state index in [4.69, 9.17) is 15.3 Å². The first-order valence-electron chi connectivity index (χ1n) is 7.27. The summed E-state index contributed by atoms with van der Waals surface area (Å²) in [5.74, 6) is 0.189. The fourth-order valence-corrected chi connectivity index (χ4v) is 1.97. The van der Waals surface area contributed by atoms with Crippen molar-refractivity contribution in [2.45, 2.75) is 6.54 Å².